The summed E-state index contributed by atoms with van der Waals surface area (Å²) in [5.41, 5.74) is 0.668. The van der Waals surface area contributed by atoms with E-state index in [0.717, 1.165) is 17.2 Å². The normalized spacial score (nSPS) is 18.6. The van der Waals surface area contributed by atoms with Crippen LogP contribution in [0.4, 0.5) is 4.39 Å². The average molecular weight is 449 g/mol. The van der Waals surface area contributed by atoms with E-state index in [9.17, 15) is 32.3 Å². The van der Waals surface area contributed by atoms with Crippen molar-refractivity contribution in [2.75, 3.05) is 19.3 Å². The third kappa shape index (κ3) is 5.05. The maximum Gasteiger partial charge on any atom is 0.326 e. The molecule has 1 aliphatic rings. The quantitative estimate of drug-likeness (QED) is 0.664. The topological polar surface area (TPSA) is 134 Å². The summed E-state index contributed by atoms with van der Waals surface area (Å²) in [5, 5.41) is 10.5. The van der Waals surface area contributed by atoms with Gasteiger partial charge in [0.2, 0.25) is 5.91 Å². The SMILES string of the molecule is CS(=O)(=O)[C@@H]1C[C@@H](C(=O)O)N(C(=O)CNC(=O)c2ncc(-c3ccccc3)cc2F)C1. The van der Waals surface area contributed by atoms with E-state index in [1.807, 2.05) is 0 Å². The van der Waals surface area contributed by atoms with Gasteiger partial charge >= 0.3 is 5.97 Å². The molecule has 2 aromatic rings. The van der Waals surface area contributed by atoms with Crippen molar-refractivity contribution in [1.29, 1.82) is 0 Å². The van der Waals surface area contributed by atoms with Crippen molar-refractivity contribution in [2.24, 2.45) is 0 Å². The lowest BCUT2D eigenvalue weighted by Gasteiger charge is -2.21. The molecule has 1 saturated heterocycles. The highest BCUT2D eigenvalue weighted by Gasteiger charge is 2.43. The van der Waals surface area contributed by atoms with Crippen LogP contribution in [0.2, 0.25) is 0 Å². The predicted molar refractivity (Wildman–Crippen MR) is 108 cm³/mol. The molecule has 1 aromatic heterocycles. The number of carboxylic acids is 1. The van der Waals surface area contributed by atoms with Crippen molar-refractivity contribution >= 4 is 27.6 Å². The van der Waals surface area contributed by atoms with E-state index in [2.05, 4.69) is 10.3 Å². The van der Waals surface area contributed by atoms with Crippen LogP contribution in [0.1, 0.15) is 16.9 Å². The number of carbonyl (C=O) groups is 3. The minimum absolute atomic E-state index is 0.231. The van der Waals surface area contributed by atoms with E-state index in [1.165, 1.54) is 6.20 Å². The second-order valence-corrected chi connectivity index (χ2v) is 9.52. The summed E-state index contributed by atoms with van der Waals surface area (Å²) in [7, 11) is -3.55. The highest BCUT2D eigenvalue weighted by Crippen LogP contribution is 2.23. The van der Waals surface area contributed by atoms with Gasteiger partial charge in [0.05, 0.1) is 11.8 Å². The van der Waals surface area contributed by atoms with Crippen LogP contribution in [0.25, 0.3) is 11.1 Å². The minimum atomic E-state index is -3.55. The third-order valence-electron chi connectivity index (χ3n) is 5.04. The number of sulfone groups is 1. The summed E-state index contributed by atoms with van der Waals surface area (Å²) in [4.78, 5) is 40.8. The molecular formula is C20H20FN3O6S. The molecule has 2 atom stereocenters. The van der Waals surface area contributed by atoms with Crippen LogP contribution in [-0.4, -0.2) is 71.8 Å². The number of carboxylic acid groups (broad SMARTS) is 1. The van der Waals surface area contributed by atoms with Gasteiger partial charge in [-0.1, -0.05) is 30.3 Å². The maximum atomic E-state index is 14.4. The molecule has 2 N–H and O–H groups in total. The van der Waals surface area contributed by atoms with Gasteiger partial charge in [0.15, 0.2) is 21.3 Å². The number of nitrogens with one attached hydrogen (secondary N) is 1. The molecule has 2 heterocycles. The summed E-state index contributed by atoms with van der Waals surface area (Å²) < 4.78 is 37.9. The molecule has 1 aromatic carbocycles. The van der Waals surface area contributed by atoms with Crippen molar-refractivity contribution in [3.05, 3.63) is 54.1 Å². The number of carbonyl (C=O) groups excluding carboxylic acids is 2. The molecule has 0 unspecified atom stereocenters. The van der Waals surface area contributed by atoms with E-state index >= 15 is 0 Å². The minimum Gasteiger partial charge on any atom is -0.480 e. The second kappa shape index (κ2) is 8.80. The van der Waals surface area contributed by atoms with Crippen LogP contribution in [-0.2, 0) is 19.4 Å². The van der Waals surface area contributed by atoms with Crippen molar-refractivity contribution in [3.8, 4) is 11.1 Å². The lowest BCUT2D eigenvalue weighted by atomic mass is 10.1. The number of amides is 2. The Labute approximate surface area is 177 Å². The van der Waals surface area contributed by atoms with Gasteiger partial charge in [-0.25, -0.2) is 22.6 Å². The summed E-state index contributed by atoms with van der Waals surface area (Å²) in [6, 6.07) is 8.70. The predicted octanol–water partition coefficient (Wildman–Crippen LogP) is 0.716. The first-order valence-electron chi connectivity index (χ1n) is 9.28. The third-order valence-corrected chi connectivity index (χ3v) is 6.59. The highest BCUT2D eigenvalue weighted by atomic mass is 32.2. The van der Waals surface area contributed by atoms with Gasteiger partial charge in [-0.15, -0.1) is 0 Å². The fourth-order valence-corrected chi connectivity index (χ4v) is 4.32. The van der Waals surface area contributed by atoms with E-state index in [4.69, 9.17) is 0 Å². The molecule has 1 fully saturated rings. The number of hydrogen-bond acceptors (Lipinski definition) is 6. The fraction of sp³-hybridized carbons (Fsp3) is 0.300. The van der Waals surface area contributed by atoms with Crippen molar-refractivity contribution in [1.82, 2.24) is 15.2 Å². The van der Waals surface area contributed by atoms with Crippen molar-refractivity contribution in [3.63, 3.8) is 0 Å². The zero-order chi connectivity index (χ0) is 22.8. The van der Waals surface area contributed by atoms with Crippen LogP contribution >= 0.6 is 0 Å². The van der Waals surface area contributed by atoms with E-state index in [0.29, 0.717) is 11.1 Å². The van der Waals surface area contributed by atoms with E-state index in [-0.39, 0.29) is 13.0 Å². The first kappa shape index (κ1) is 22.3. The van der Waals surface area contributed by atoms with Crippen molar-refractivity contribution < 1.29 is 32.3 Å². The number of pyridine rings is 1. The van der Waals surface area contributed by atoms with Crippen LogP contribution in [0.3, 0.4) is 0 Å². The summed E-state index contributed by atoms with van der Waals surface area (Å²) >= 11 is 0. The molecule has 11 heteroatoms. The fourth-order valence-electron chi connectivity index (χ4n) is 3.35. The monoisotopic (exact) mass is 449 g/mol. The number of aromatic nitrogens is 1. The molecule has 31 heavy (non-hydrogen) atoms. The van der Waals surface area contributed by atoms with Gasteiger partial charge in [0.1, 0.15) is 6.04 Å². The Morgan fingerprint density at radius 3 is 2.48 bits per heavy atom. The molecule has 3 rings (SSSR count). The van der Waals surface area contributed by atoms with Crippen LogP contribution in [0.15, 0.2) is 42.6 Å². The number of rotatable bonds is 6. The molecule has 9 nitrogen and oxygen atoms in total. The Bertz CT molecular complexity index is 1120. The van der Waals surface area contributed by atoms with Gasteiger partial charge in [0.25, 0.3) is 5.91 Å². The molecule has 0 bridgehead atoms. The molecule has 0 saturated carbocycles. The van der Waals surface area contributed by atoms with Crippen LogP contribution in [0, 0.1) is 5.82 Å². The molecule has 0 spiro atoms. The molecule has 164 valence electrons. The molecule has 0 aliphatic carbocycles. The zero-order valence-corrected chi connectivity index (χ0v) is 17.3. The number of hydrogen-bond donors (Lipinski definition) is 2. The first-order valence-corrected chi connectivity index (χ1v) is 11.2. The molecular weight excluding hydrogens is 429 g/mol. The zero-order valence-electron chi connectivity index (χ0n) is 16.5. The number of halogens is 1. The van der Waals surface area contributed by atoms with Gasteiger partial charge in [-0.2, -0.15) is 0 Å². The summed E-state index contributed by atoms with van der Waals surface area (Å²) in [6.07, 6.45) is 2.07. The Balaban J connectivity index is 1.67. The van der Waals surface area contributed by atoms with Crippen molar-refractivity contribution in [2.45, 2.75) is 17.7 Å². The highest BCUT2D eigenvalue weighted by molar-refractivity contribution is 7.91. The summed E-state index contributed by atoms with van der Waals surface area (Å²) in [5.74, 6) is -3.95. The number of likely N-dealkylation sites (tertiary alicyclic amines) is 1. The Morgan fingerprint density at radius 2 is 1.90 bits per heavy atom. The number of aliphatic carboxylic acids is 1. The smallest absolute Gasteiger partial charge is 0.326 e. The number of nitrogens with zero attached hydrogens (tertiary/aromatic N) is 2. The molecule has 0 radical (unpaired) electrons. The average Bonchev–Trinajstić information content (AvgIpc) is 3.19. The molecule has 2 amide bonds. The summed E-state index contributed by atoms with van der Waals surface area (Å²) in [6.45, 7) is -0.913. The maximum absolute atomic E-state index is 14.4. The lowest BCUT2D eigenvalue weighted by Crippen LogP contribution is -2.46. The standard InChI is InChI=1S/C20H20FN3O6S/c1-31(29,30)14-8-16(20(27)28)24(11-14)17(25)10-23-19(26)18-15(21)7-13(9-22-18)12-5-3-2-4-6-12/h2-7,9,14,16H,8,10-11H2,1H3,(H,23,26)(H,27,28)/t14-,16+/m1/s1. The van der Waals surface area contributed by atoms with E-state index < -0.39 is 57.0 Å². The Hall–Kier alpha value is -3.34. The Morgan fingerprint density at radius 1 is 1.23 bits per heavy atom. The van der Waals surface area contributed by atoms with E-state index in [1.54, 1.807) is 30.3 Å². The largest absolute Gasteiger partial charge is 0.480 e. The molecule has 1 aliphatic heterocycles. The Kier molecular flexibility index (Phi) is 6.34. The van der Waals surface area contributed by atoms with Gasteiger partial charge in [-0.3, -0.25) is 9.59 Å². The van der Waals surface area contributed by atoms with Crippen LogP contribution < -0.4 is 5.32 Å². The lowest BCUT2D eigenvalue weighted by molar-refractivity contribution is -0.147. The first-order chi connectivity index (χ1) is 14.6. The van der Waals surface area contributed by atoms with Gasteiger partial charge < -0.3 is 15.3 Å². The van der Waals surface area contributed by atoms with Gasteiger partial charge in [-0.05, 0) is 18.1 Å². The van der Waals surface area contributed by atoms with Gasteiger partial charge in [0, 0.05) is 24.6 Å². The second-order valence-electron chi connectivity index (χ2n) is 7.19. The number of benzene rings is 1. The van der Waals surface area contributed by atoms with Crippen LogP contribution in [0.5, 0.6) is 0 Å².